The molecule has 0 fully saturated rings. The summed E-state index contributed by atoms with van der Waals surface area (Å²) in [6.07, 6.45) is -0.571. The fourth-order valence-electron chi connectivity index (χ4n) is 1.41. The molecule has 0 spiro atoms. The number of likely N-dealkylation sites (N-methyl/N-ethyl adjacent to an activating group) is 1. The Balaban J connectivity index is 2.81. The van der Waals surface area contributed by atoms with Crippen LogP contribution in [0.15, 0.2) is 18.2 Å². The first-order valence-corrected chi connectivity index (χ1v) is 5.89. The molecule has 1 amide bonds. The molecule has 1 rings (SSSR count). The molecule has 17 heavy (non-hydrogen) atoms. The van der Waals surface area contributed by atoms with Gasteiger partial charge < -0.3 is 15.8 Å². The van der Waals surface area contributed by atoms with Crippen LogP contribution in [-0.2, 0) is 11.3 Å². The third-order valence-electron chi connectivity index (χ3n) is 2.30. The molecule has 0 aliphatic carbocycles. The summed E-state index contributed by atoms with van der Waals surface area (Å²) in [5.41, 5.74) is 6.31. The summed E-state index contributed by atoms with van der Waals surface area (Å²) in [6, 6.07) is 5.26. The molecule has 0 aliphatic rings. The van der Waals surface area contributed by atoms with E-state index in [2.05, 4.69) is 5.32 Å². The maximum atomic E-state index is 11.5. The van der Waals surface area contributed by atoms with Gasteiger partial charge >= 0.3 is 0 Å². The van der Waals surface area contributed by atoms with Gasteiger partial charge in [0, 0.05) is 23.7 Å². The van der Waals surface area contributed by atoms with Crippen molar-refractivity contribution >= 4 is 17.5 Å². The fraction of sp³-hybridized carbons (Fsp3) is 0.417. The van der Waals surface area contributed by atoms with Gasteiger partial charge in [0.25, 0.3) is 5.91 Å². The maximum Gasteiger partial charge on any atom is 0.260 e. The Bertz CT molecular complexity index is 396. The van der Waals surface area contributed by atoms with E-state index < -0.39 is 6.10 Å². The highest BCUT2D eigenvalue weighted by Crippen LogP contribution is 2.26. The number of hydrogen-bond acceptors (Lipinski definition) is 3. The zero-order valence-electron chi connectivity index (χ0n) is 10.00. The fourth-order valence-corrected chi connectivity index (χ4v) is 1.65. The molecule has 5 heteroatoms. The van der Waals surface area contributed by atoms with Crippen LogP contribution in [0.3, 0.4) is 0 Å². The molecule has 0 radical (unpaired) electrons. The highest BCUT2D eigenvalue weighted by Gasteiger charge is 2.16. The molecule has 0 saturated carbocycles. The van der Waals surface area contributed by atoms with Gasteiger partial charge in [-0.3, -0.25) is 4.79 Å². The van der Waals surface area contributed by atoms with Crippen molar-refractivity contribution in [2.75, 3.05) is 6.54 Å². The minimum absolute atomic E-state index is 0.157. The lowest BCUT2D eigenvalue weighted by Crippen LogP contribution is -2.36. The van der Waals surface area contributed by atoms with E-state index in [4.69, 9.17) is 22.1 Å². The summed E-state index contributed by atoms with van der Waals surface area (Å²) in [5.74, 6) is 0.397. The number of carbonyl (C=O) groups excluding carboxylic acids is 1. The lowest BCUT2D eigenvalue weighted by molar-refractivity contribution is -0.127. The number of hydrogen-bond donors (Lipinski definition) is 2. The molecule has 0 aliphatic heterocycles. The molecule has 1 atom stereocenters. The van der Waals surface area contributed by atoms with Crippen molar-refractivity contribution in [3.63, 3.8) is 0 Å². The normalized spacial score (nSPS) is 12.0. The quantitative estimate of drug-likeness (QED) is 0.843. The number of nitrogens with two attached hydrogens (primary N) is 1. The number of nitrogens with one attached hydrogen (secondary N) is 1. The lowest BCUT2D eigenvalue weighted by atomic mass is 10.2. The predicted octanol–water partition coefficient (Wildman–Crippen LogP) is 1.70. The highest BCUT2D eigenvalue weighted by atomic mass is 35.5. The zero-order valence-corrected chi connectivity index (χ0v) is 10.8. The molecule has 0 heterocycles. The Labute approximate surface area is 106 Å². The van der Waals surface area contributed by atoms with Crippen molar-refractivity contribution in [1.29, 1.82) is 0 Å². The minimum atomic E-state index is -0.571. The molecule has 0 saturated heterocycles. The van der Waals surface area contributed by atoms with E-state index in [1.165, 1.54) is 0 Å². The SMILES string of the molecule is CCNC(=O)C(C)Oc1cccc(Cl)c1CN. The Morgan fingerprint density at radius 1 is 1.59 bits per heavy atom. The van der Waals surface area contributed by atoms with E-state index in [0.29, 0.717) is 22.9 Å². The summed E-state index contributed by atoms with van der Waals surface area (Å²) in [5, 5.41) is 3.24. The van der Waals surface area contributed by atoms with Crippen molar-refractivity contribution in [2.45, 2.75) is 26.5 Å². The molecular formula is C12H17ClN2O2. The van der Waals surface area contributed by atoms with E-state index in [-0.39, 0.29) is 12.5 Å². The first-order chi connectivity index (χ1) is 8.10. The van der Waals surface area contributed by atoms with Crippen LogP contribution in [0.4, 0.5) is 0 Å². The van der Waals surface area contributed by atoms with Crippen LogP contribution >= 0.6 is 11.6 Å². The molecule has 1 aromatic rings. The zero-order chi connectivity index (χ0) is 12.8. The van der Waals surface area contributed by atoms with Crippen molar-refractivity contribution in [2.24, 2.45) is 5.73 Å². The van der Waals surface area contributed by atoms with Crippen molar-refractivity contribution in [3.05, 3.63) is 28.8 Å². The molecule has 1 aromatic carbocycles. The number of carbonyl (C=O) groups is 1. The summed E-state index contributed by atoms with van der Waals surface area (Å²) < 4.78 is 5.56. The van der Waals surface area contributed by atoms with Gasteiger partial charge in [0.15, 0.2) is 6.10 Å². The third-order valence-corrected chi connectivity index (χ3v) is 2.66. The Morgan fingerprint density at radius 2 is 2.29 bits per heavy atom. The minimum Gasteiger partial charge on any atom is -0.481 e. The second kappa shape index (κ2) is 6.47. The molecule has 1 unspecified atom stereocenters. The van der Waals surface area contributed by atoms with Gasteiger partial charge in [0.2, 0.25) is 0 Å². The third kappa shape index (κ3) is 3.61. The second-order valence-corrected chi connectivity index (χ2v) is 3.98. The Kier molecular flexibility index (Phi) is 5.25. The van der Waals surface area contributed by atoms with Gasteiger partial charge in [0.05, 0.1) is 0 Å². The topological polar surface area (TPSA) is 64.3 Å². The van der Waals surface area contributed by atoms with E-state index in [9.17, 15) is 4.79 Å². The van der Waals surface area contributed by atoms with Crippen LogP contribution < -0.4 is 15.8 Å². The molecule has 0 aromatic heterocycles. The largest absolute Gasteiger partial charge is 0.481 e. The molecule has 3 N–H and O–H groups in total. The number of amides is 1. The highest BCUT2D eigenvalue weighted by molar-refractivity contribution is 6.31. The number of rotatable bonds is 5. The number of benzene rings is 1. The van der Waals surface area contributed by atoms with Crippen molar-refractivity contribution in [3.8, 4) is 5.75 Å². The van der Waals surface area contributed by atoms with E-state index in [1.54, 1.807) is 25.1 Å². The molecule has 94 valence electrons. The van der Waals surface area contributed by atoms with Gasteiger partial charge in [-0.15, -0.1) is 0 Å². The first kappa shape index (κ1) is 13.8. The average molecular weight is 257 g/mol. The smallest absolute Gasteiger partial charge is 0.260 e. The van der Waals surface area contributed by atoms with E-state index in [1.807, 2.05) is 6.92 Å². The van der Waals surface area contributed by atoms with Crippen LogP contribution in [-0.4, -0.2) is 18.6 Å². The summed E-state index contributed by atoms with van der Waals surface area (Å²) in [4.78, 5) is 11.5. The Hall–Kier alpha value is -1.26. The standard InChI is InChI=1S/C12H17ClN2O2/c1-3-15-12(16)8(2)17-11-6-4-5-10(13)9(11)7-14/h4-6,8H,3,7,14H2,1-2H3,(H,15,16). The van der Waals surface area contributed by atoms with Gasteiger partial charge in [-0.25, -0.2) is 0 Å². The van der Waals surface area contributed by atoms with Crippen LogP contribution in [0.2, 0.25) is 5.02 Å². The van der Waals surface area contributed by atoms with Gasteiger partial charge in [-0.1, -0.05) is 17.7 Å². The Morgan fingerprint density at radius 3 is 2.88 bits per heavy atom. The molecular weight excluding hydrogens is 240 g/mol. The molecule has 0 bridgehead atoms. The summed E-state index contributed by atoms with van der Waals surface area (Å²) in [6.45, 7) is 4.39. The van der Waals surface area contributed by atoms with Crippen LogP contribution in [0.1, 0.15) is 19.4 Å². The van der Waals surface area contributed by atoms with Crippen LogP contribution in [0.25, 0.3) is 0 Å². The van der Waals surface area contributed by atoms with E-state index >= 15 is 0 Å². The second-order valence-electron chi connectivity index (χ2n) is 3.58. The number of ether oxygens (including phenoxy) is 1. The maximum absolute atomic E-state index is 11.5. The van der Waals surface area contributed by atoms with Crippen LogP contribution in [0, 0.1) is 0 Å². The lowest BCUT2D eigenvalue weighted by Gasteiger charge is -2.17. The van der Waals surface area contributed by atoms with Crippen molar-refractivity contribution < 1.29 is 9.53 Å². The van der Waals surface area contributed by atoms with Crippen molar-refractivity contribution in [1.82, 2.24) is 5.32 Å². The first-order valence-electron chi connectivity index (χ1n) is 5.52. The van der Waals surface area contributed by atoms with Crippen LogP contribution in [0.5, 0.6) is 5.75 Å². The van der Waals surface area contributed by atoms with Gasteiger partial charge in [-0.05, 0) is 26.0 Å². The number of halogens is 1. The summed E-state index contributed by atoms with van der Waals surface area (Å²) in [7, 11) is 0. The van der Waals surface area contributed by atoms with Gasteiger partial charge in [0.1, 0.15) is 5.75 Å². The summed E-state index contributed by atoms with van der Waals surface area (Å²) >= 11 is 5.99. The van der Waals surface area contributed by atoms with Gasteiger partial charge in [-0.2, -0.15) is 0 Å². The molecule has 4 nitrogen and oxygen atoms in total. The average Bonchev–Trinajstić information content (AvgIpc) is 2.29. The monoisotopic (exact) mass is 256 g/mol. The predicted molar refractivity (Wildman–Crippen MR) is 68.1 cm³/mol. The van der Waals surface area contributed by atoms with E-state index in [0.717, 1.165) is 0 Å².